The van der Waals surface area contributed by atoms with E-state index in [2.05, 4.69) is 20.8 Å². The van der Waals surface area contributed by atoms with Crippen LogP contribution in [0, 0.1) is 5.92 Å². The predicted molar refractivity (Wildman–Crippen MR) is 68.3 cm³/mol. The third-order valence-electron chi connectivity index (χ3n) is 2.51. The van der Waals surface area contributed by atoms with Gasteiger partial charge in [-0.2, -0.15) is 0 Å². The Labute approximate surface area is 100 Å². The Balaban J connectivity index is 3.71. The van der Waals surface area contributed by atoms with Gasteiger partial charge in [-0.15, -0.1) is 0 Å². The van der Waals surface area contributed by atoms with Crippen molar-refractivity contribution in [2.45, 2.75) is 59.8 Å². The zero-order valence-electron chi connectivity index (χ0n) is 11.2. The summed E-state index contributed by atoms with van der Waals surface area (Å²) in [6.07, 6.45) is 7.52. The molecule has 0 saturated heterocycles. The maximum atomic E-state index is 11.5. The molecule has 0 rings (SSSR count). The van der Waals surface area contributed by atoms with Gasteiger partial charge in [-0.25, -0.2) is 4.79 Å². The topological polar surface area (TPSA) is 26.3 Å². The summed E-state index contributed by atoms with van der Waals surface area (Å²) in [5.74, 6) is 0.429. The molecule has 0 radical (unpaired) electrons. The first-order valence-corrected chi connectivity index (χ1v) is 6.41. The number of allylic oxidation sites excluding steroid dienone is 1. The van der Waals surface area contributed by atoms with Crippen LogP contribution in [0.5, 0.6) is 0 Å². The fraction of sp³-hybridized carbons (Fsp3) is 0.786. The highest BCUT2D eigenvalue weighted by atomic mass is 16.5. The van der Waals surface area contributed by atoms with Gasteiger partial charge in [-0.1, -0.05) is 39.7 Å². The van der Waals surface area contributed by atoms with Crippen molar-refractivity contribution >= 4 is 5.97 Å². The molecule has 0 aliphatic carbocycles. The normalized spacial score (nSPS) is 11.9. The average Bonchev–Trinajstić information content (AvgIpc) is 2.23. The van der Waals surface area contributed by atoms with Crippen LogP contribution in [0.15, 0.2) is 11.6 Å². The maximum Gasteiger partial charge on any atom is 0.333 e. The quantitative estimate of drug-likeness (QED) is 0.354. The monoisotopic (exact) mass is 226 g/mol. The number of hydrogen-bond donors (Lipinski definition) is 0. The van der Waals surface area contributed by atoms with Crippen LogP contribution in [0.3, 0.4) is 0 Å². The Morgan fingerprint density at radius 3 is 2.56 bits per heavy atom. The van der Waals surface area contributed by atoms with Crippen molar-refractivity contribution in [3.8, 4) is 0 Å². The molecule has 0 heterocycles. The van der Waals surface area contributed by atoms with Gasteiger partial charge in [-0.05, 0) is 32.1 Å². The number of esters is 1. The SMILES string of the molecule is CCCCCC=C(C)C(=O)OCCC(C)C. The summed E-state index contributed by atoms with van der Waals surface area (Å²) < 4.78 is 5.16. The predicted octanol–water partition coefficient (Wildman–Crippen LogP) is 4.10. The first-order chi connectivity index (χ1) is 7.57. The lowest BCUT2D eigenvalue weighted by Gasteiger charge is -2.06. The van der Waals surface area contributed by atoms with Crippen LogP contribution in [0.1, 0.15) is 59.8 Å². The minimum atomic E-state index is -0.155. The first kappa shape index (κ1) is 15.2. The van der Waals surface area contributed by atoms with Crippen LogP contribution in [0.25, 0.3) is 0 Å². The van der Waals surface area contributed by atoms with Gasteiger partial charge in [-0.3, -0.25) is 0 Å². The van der Waals surface area contributed by atoms with Crippen molar-refractivity contribution in [1.29, 1.82) is 0 Å². The number of unbranched alkanes of at least 4 members (excludes halogenated alkanes) is 3. The van der Waals surface area contributed by atoms with Gasteiger partial charge >= 0.3 is 5.97 Å². The molecule has 0 N–H and O–H groups in total. The molecule has 0 aliphatic heterocycles. The fourth-order valence-electron chi connectivity index (χ4n) is 1.30. The van der Waals surface area contributed by atoms with Crippen molar-refractivity contribution in [2.24, 2.45) is 5.92 Å². The molecule has 0 fully saturated rings. The zero-order chi connectivity index (χ0) is 12.4. The molecular weight excluding hydrogens is 200 g/mol. The largest absolute Gasteiger partial charge is 0.462 e. The lowest BCUT2D eigenvalue weighted by atomic mass is 10.1. The van der Waals surface area contributed by atoms with Crippen LogP contribution in [0.4, 0.5) is 0 Å². The third-order valence-corrected chi connectivity index (χ3v) is 2.51. The Hall–Kier alpha value is -0.790. The van der Waals surface area contributed by atoms with E-state index in [1.807, 2.05) is 13.0 Å². The van der Waals surface area contributed by atoms with E-state index in [4.69, 9.17) is 4.74 Å². The molecule has 0 unspecified atom stereocenters. The molecule has 0 atom stereocenters. The molecule has 0 aromatic rings. The lowest BCUT2D eigenvalue weighted by Crippen LogP contribution is -2.08. The zero-order valence-corrected chi connectivity index (χ0v) is 11.2. The van der Waals surface area contributed by atoms with E-state index < -0.39 is 0 Å². The average molecular weight is 226 g/mol. The van der Waals surface area contributed by atoms with Crippen LogP contribution in [-0.2, 0) is 9.53 Å². The highest BCUT2D eigenvalue weighted by molar-refractivity contribution is 5.87. The summed E-state index contributed by atoms with van der Waals surface area (Å²) in [6.45, 7) is 8.81. The van der Waals surface area contributed by atoms with Gasteiger partial charge in [0.2, 0.25) is 0 Å². The van der Waals surface area contributed by atoms with Gasteiger partial charge in [0.05, 0.1) is 6.61 Å². The van der Waals surface area contributed by atoms with E-state index in [0.29, 0.717) is 12.5 Å². The Kier molecular flexibility index (Phi) is 8.97. The summed E-state index contributed by atoms with van der Waals surface area (Å²) in [4.78, 5) is 11.5. The Morgan fingerprint density at radius 2 is 2.00 bits per heavy atom. The molecule has 0 saturated carbocycles. The van der Waals surface area contributed by atoms with Crippen LogP contribution in [0.2, 0.25) is 0 Å². The summed E-state index contributed by atoms with van der Waals surface area (Å²) in [7, 11) is 0. The number of hydrogen-bond acceptors (Lipinski definition) is 2. The third kappa shape index (κ3) is 8.51. The van der Waals surface area contributed by atoms with E-state index in [9.17, 15) is 4.79 Å². The van der Waals surface area contributed by atoms with Crippen molar-refractivity contribution in [1.82, 2.24) is 0 Å². The van der Waals surface area contributed by atoms with E-state index in [0.717, 1.165) is 24.8 Å². The molecular formula is C14H26O2. The standard InChI is InChI=1S/C14H26O2/c1-5-6-7-8-9-13(4)14(15)16-11-10-12(2)3/h9,12H,5-8,10-11H2,1-4H3. The summed E-state index contributed by atoms with van der Waals surface area (Å²) >= 11 is 0. The molecule has 0 bridgehead atoms. The molecule has 0 aromatic carbocycles. The minimum absolute atomic E-state index is 0.155. The number of rotatable bonds is 8. The van der Waals surface area contributed by atoms with E-state index in [1.54, 1.807) is 0 Å². The van der Waals surface area contributed by atoms with Crippen molar-refractivity contribution < 1.29 is 9.53 Å². The molecule has 2 nitrogen and oxygen atoms in total. The number of ether oxygens (including phenoxy) is 1. The van der Waals surface area contributed by atoms with Crippen molar-refractivity contribution in [2.75, 3.05) is 6.61 Å². The van der Waals surface area contributed by atoms with E-state index in [-0.39, 0.29) is 5.97 Å². The summed E-state index contributed by atoms with van der Waals surface area (Å²) in [6, 6.07) is 0. The second-order valence-corrected chi connectivity index (χ2v) is 4.70. The molecule has 94 valence electrons. The van der Waals surface area contributed by atoms with Crippen molar-refractivity contribution in [3.05, 3.63) is 11.6 Å². The number of carbonyl (C=O) groups is 1. The van der Waals surface area contributed by atoms with Crippen LogP contribution < -0.4 is 0 Å². The van der Waals surface area contributed by atoms with E-state index in [1.165, 1.54) is 12.8 Å². The maximum absolute atomic E-state index is 11.5. The number of carbonyl (C=O) groups excluding carboxylic acids is 1. The molecule has 0 spiro atoms. The minimum Gasteiger partial charge on any atom is -0.462 e. The highest BCUT2D eigenvalue weighted by Crippen LogP contribution is 2.06. The second-order valence-electron chi connectivity index (χ2n) is 4.70. The van der Waals surface area contributed by atoms with Gasteiger partial charge in [0, 0.05) is 5.57 Å². The van der Waals surface area contributed by atoms with Crippen LogP contribution >= 0.6 is 0 Å². The molecule has 0 aromatic heterocycles. The van der Waals surface area contributed by atoms with Crippen LogP contribution in [-0.4, -0.2) is 12.6 Å². The van der Waals surface area contributed by atoms with Crippen molar-refractivity contribution in [3.63, 3.8) is 0 Å². The summed E-state index contributed by atoms with van der Waals surface area (Å²) in [5, 5.41) is 0. The van der Waals surface area contributed by atoms with Gasteiger partial charge in [0.25, 0.3) is 0 Å². The molecule has 0 amide bonds. The second kappa shape index (κ2) is 9.44. The van der Waals surface area contributed by atoms with Gasteiger partial charge < -0.3 is 4.74 Å². The Morgan fingerprint density at radius 1 is 1.31 bits per heavy atom. The Bertz CT molecular complexity index is 217. The summed E-state index contributed by atoms with van der Waals surface area (Å²) in [5.41, 5.74) is 0.750. The van der Waals surface area contributed by atoms with Gasteiger partial charge in [0.1, 0.15) is 0 Å². The smallest absolute Gasteiger partial charge is 0.333 e. The molecule has 16 heavy (non-hydrogen) atoms. The molecule has 2 heteroatoms. The lowest BCUT2D eigenvalue weighted by molar-refractivity contribution is -0.139. The first-order valence-electron chi connectivity index (χ1n) is 6.41. The van der Waals surface area contributed by atoms with E-state index >= 15 is 0 Å². The molecule has 0 aliphatic rings. The fourth-order valence-corrected chi connectivity index (χ4v) is 1.30. The van der Waals surface area contributed by atoms with Gasteiger partial charge in [0.15, 0.2) is 0 Å². The highest BCUT2D eigenvalue weighted by Gasteiger charge is 2.05.